The first kappa shape index (κ1) is 13.5. The van der Waals surface area contributed by atoms with E-state index in [0.29, 0.717) is 17.3 Å². The van der Waals surface area contributed by atoms with Crippen molar-refractivity contribution in [2.24, 2.45) is 13.0 Å². The Kier molecular flexibility index (Phi) is 4.15. The first-order chi connectivity index (χ1) is 7.84. The molecule has 1 amide bonds. The van der Waals surface area contributed by atoms with Crippen molar-refractivity contribution in [2.45, 2.75) is 33.2 Å². The molecule has 1 rings (SSSR count). The molecule has 1 aromatic heterocycles. The maximum atomic E-state index is 12.3. The molecule has 0 aliphatic carbocycles. The van der Waals surface area contributed by atoms with Crippen LogP contribution in [0.25, 0.3) is 0 Å². The molecule has 1 heterocycles. The van der Waals surface area contributed by atoms with Gasteiger partial charge < -0.3 is 10.6 Å². The van der Waals surface area contributed by atoms with Crippen molar-refractivity contribution >= 4 is 11.6 Å². The number of nitrogens with two attached hydrogens (primary N) is 1. The van der Waals surface area contributed by atoms with Crippen molar-refractivity contribution in [3.63, 3.8) is 0 Å². The van der Waals surface area contributed by atoms with Crippen LogP contribution in [-0.2, 0) is 7.05 Å². The predicted molar refractivity (Wildman–Crippen MR) is 68.6 cm³/mol. The van der Waals surface area contributed by atoms with E-state index in [-0.39, 0.29) is 11.9 Å². The summed E-state index contributed by atoms with van der Waals surface area (Å²) >= 11 is 0. The van der Waals surface area contributed by atoms with Gasteiger partial charge in [-0.3, -0.25) is 9.48 Å². The molecule has 1 unspecified atom stereocenters. The van der Waals surface area contributed by atoms with Gasteiger partial charge in [-0.1, -0.05) is 13.8 Å². The fourth-order valence-electron chi connectivity index (χ4n) is 1.92. The minimum atomic E-state index is -0.0735. The van der Waals surface area contributed by atoms with Gasteiger partial charge in [0, 0.05) is 20.1 Å². The third-order valence-electron chi connectivity index (χ3n) is 2.96. The van der Waals surface area contributed by atoms with Gasteiger partial charge >= 0.3 is 0 Å². The van der Waals surface area contributed by atoms with Gasteiger partial charge in [0.25, 0.3) is 5.91 Å². The number of anilines is 1. The third-order valence-corrected chi connectivity index (χ3v) is 2.96. The lowest BCUT2D eigenvalue weighted by atomic mass is 10.0. The van der Waals surface area contributed by atoms with Gasteiger partial charge in [0.15, 0.2) is 0 Å². The maximum absolute atomic E-state index is 12.3. The summed E-state index contributed by atoms with van der Waals surface area (Å²) in [7, 11) is 3.53. The lowest BCUT2D eigenvalue weighted by molar-refractivity contribution is 0.0718. The minimum absolute atomic E-state index is 0.0735. The molecule has 1 atom stereocenters. The Morgan fingerprint density at radius 1 is 1.53 bits per heavy atom. The largest absolute Gasteiger partial charge is 0.396 e. The number of carbonyl (C=O) groups is 1. The van der Waals surface area contributed by atoms with Crippen LogP contribution in [0.2, 0.25) is 0 Å². The molecule has 5 nitrogen and oxygen atoms in total. The molecule has 0 spiro atoms. The van der Waals surface area contributed by atoms with Crippen molar-refractivity contribution in [3.05, 3.63) is 11.9 Å². The van der Waals surface area contributed by atoms with Crippen molar-refractivity contribution < 1.29 is 4.79 Å². The first-order valence-corrected chi connectivity index (χ1v) is 5.89. The van der Waals surface area contributed by atoms with Gasteiger partial charge in [-0.15, -0.1) is 0 Å². The first-order valence-electron chi connectivity index (χ1n) is 5.89. The number of hydrogen-bond donors (Lipinski definition) is 1. The second-order valence-electron chi connectivity index (χ2n) is 4.97. The number of nitrogens with zero attached hydrogens (tertiary/aromatic N) is 3. The number of hydrogen-bond acceptors (Lipinski definition) is 3. The van der Waals surface area contributed by atoms with E-state index in [1.54, 1.807) is 11.9 Å². The van der Waals surface area contributed by atoms with Crippen LogP contribution in [0, 0.1) is 5.92 Å². The lowest BCUT2D eigenvalue weighted by Gasteiger charge is -2.26. The monoisotopic (exact) mass is 238 g/mol. The molecule has 96 valence electrons. The van der Waals surface area contributed by atoms with Gasteiger partial charge in [-0.2, -0.15) is 5.10 Å². The Balaban J connectivity index is 2.83. The summed E-state index contributed by atoms with van der Waals surface area (Å²) in [6, 6.07) is 0.191. The van der Waals surface area contributed by atoms with E-state index in [1.165, 1.54) is 10.9 Å². The van der Waals surface area contributed by atoms with Crippen LogP contribution in [0.15, 0.2) is 6.20 Å². The number of rotatable bonds is 4. The minimum Gasteiger partial charge on any atom is -0.396 e. The quantitative estimate of drug-likeness (QED) is 0.864. The molecule has 0 saturated heterocycles. The summed E-state index contributed by atoms with van der Waals surface area (Å²) in [5, 5.41) is 3.98. The van der Waals surface area contributed by atoms with Crippen LogP contribution in [0.5, 0.6) is 0 Å². The van der Waals surface area contributed by atoms with Gasteiger partial charge in [-0.25, -0.2) is 0 Å². The lowest BCUT2D eigenvalue weighted by Crippen LogP contribution is -2.37. The smallest absolute Gasteiger partial charge is 0.274 e. The maximum Gasteiger partial charge on any atom is 0.274 e. The van der Waals surface area contributed by atoms with Crippen LogP contribution in [0.3, 0.4) is 0 Å². The Labute approximate surface area is 103 Å². The van der Waals surface area contributed by atoms with E-state index in [9.17, 15) is 4.79 Å². The highest BCUT2D eigenvalue weighted by Crippen LogP contribution is 2.16. The molecule has 0 bridgehead atoms. The molecule has 0 saturated carbocycles. The van der Waals surface area contributed by atoms with Crippen molar-refractivity contribution in [3.8, 4) is 0 Å². The third kappa shape index (κ3) is 2.99. The number of aryl methyl sites for hydroxylation is 1. The molecular formula is C12H22N4O. The fraction of sp³-hybridized carbons (Fsp3) is 0.667. The summed E-state index contributed by atoms with van der Waals surface area (Å²) in [5.41, 5.74) is 6.64. The molecule has 1 aromatic rings. The van der Waals surface area contributed by atoms with Crippen LogP contribution >= 0.6 is 0 Å². The summed E-state index contributed by atoms with van der Waals surface area (Å²) in [4.78, 5) is 14.0. The second-order valence-corrected chi connectivity index (χ2v) is 4.97. The summed E-state index contributed by atoms with van der Waals surface area (Å²) < 4.78 is 1.52. The van der Waals surface area contributed by atoms with Gasteiger partial charge in [-0.05, 0) is 19.3 Å². The number of nitrogen functional groups attached to an aromatic ring is 1. The van der Waals surface area contributed by atoms with Crippen molar-refractivity contribution in [1.82, 2.24) is 14.7 Å². The summed E-state index contributed by atoms with van der Waals surface area (Å²) in [5.74, 6) is 0.486. The molecular weight excluding hydrogens is 216 g/mol. The average Bonchev–Trinajstić information content (AvgIpc) is 2.55. The van der Waals surface area contributed by atoms with Crippen LogP contribution in [0.4, 0.5) is 5.69 Å². The SMILES string of the molecule is CC(C)CC(C)N(C)C(=O)c1c(N)cnn1C. The number of carbonyl (C=O) groups excluding carboxylic acids is 1. The highest BCUT2D eigenvalue weighted by Gasteiger charge is 2.22. The van der Waals surface area contributed by atoms with Gasteiger partial charge in [0.1, 0.15) is 5.69 Å². The van der Waals surface area contributed by atoms with Crippen LogP contribution in [0.1, 0.15) is 37.7 Å². The Morgan fingerprint density at radius 3 is 2.53 bits per heavy atom. The molecule has 17 heavy (non-hydrogen) atoms. The topological polar surface area (TPSA) is 64.2 Å². The average molecular weight is 238 g/mol. The van der Waals surface area contributed by atoms with Crippen LogP contribution < -0.4 is 5.73 Å². The van der Waals surface area contributed by atoms with E-state index >= 15 is 0 Å². The molecule has 5 heteroatoms. The van der Waals surface area contributed by atoms with E-state index in [1.807, 2.05) is 14.0 Å². The number of aromatic nitrogens is 2. The molecule has 0 aliphatic rings. The predicted octanol–water partition coefficient (Wildman–Crippen LogP) is 1.51. The van der Waals surface area contributed by atoms with Crippen LogP contribution in [-0.4, -0.2) is 33.7 Å². The highest BCUT2D eigenvalue weighted by molar-refractivity contribution is 5.97. The van der Waals surface area contributed by atoms with Gasteiger partial charge in [0.2, 0.25) is 0 Å². The molecule has 0 aromatic carbocycles. The summed E-state index contributed by atoms with van der Waals surface area (Å²) in [6.45, 7) is 6.34. The standard InChI is InChI=1S/C12H22N4O/c1-8(2)6-9(3)15(4)12(17)11-10(13)7-14-16(11)5/h7-9H,6,13H2,1-5H3. The normalized spacial score (nSPS) is 12.8. The van der Waals surface area contributed by atoms with E-state index in [2.05, 4.69) is 18.9 Å². The Morgan fingerprint density at radius 2 is 2.12 bits per heavy atom. The van der Waals surface area contributed by atoms with E-state index in [4.69, 9.17) is 5.73 Å². The molecule has 0 radical (unpaired) electrons. The van der Waals surface area contributed by atoms with Crippen molar-refractivity contribution in [1.29, 1.82) is 0 Å². The summed E-state index contributed by atoms with van der Waals surface area (Å²) in [6.07, 6.45) is 2.48. The Bertz CT molecular complexity index is 378. The van der Waals surface area contributed by atoms with E-state index < -0.39 is 0 Å². The van der Waals surface area contributed by atoms with Crippen molar-refractivity contribution in [2.75, 3.05) is 12.8 Å². The zero-order valence-electron chi connectivity index (χ0n) is 11.3. The number of amides is 1. The Hall–Kier alpha value is -1.52. The molecule has 2 N–H and O–H groups in total. The zero-order valence-corrected chi connectivity index (χ0v) is 11.3. The molecule has 0 aliphatic heterocycles. The van der Waals surface area contributed by atoms with Gasteiger partial charge in [0.05, 0.1) is 11.9 Å². The molecule has 0 fully saturated rings. The highest BCUT2D eigenvalue weighted by atomic mass is 16.2. The fourth-order valence-corrected chi connectivity index (χ4v) is 1.92. The zero-order chi connectivity index (χ0) is 13.2. The van der Waals surface area contributed by atoms with E-state index in [0.717, 1.165) is 6.42 Å². The second kappa shape index (κ2) is 5.21.